The van der Waals surface area contributed by atoms with Crippen molar-refractivity contribution in [1.29, 1.82) is 0 Å². The Bertz CT molecular complexity index is 708. The van der Waals surface area contributed by atoms with Crippen molar-refractivity contribution in [1.82, 2.24) is 19.7 Å². The molecule has 0 fully saturated rings. The summed E-state index contributed by atoms with van der Waals surface area (Å²) >= 11 is 0. The minimum absolute atomic E-state index is 0.124. The molecule has 0 unspecified atom stereocenters. The maximum Gasteiger partial charge on any atom is 0.305 e. The fraction of sp³-hybridized carbons (Fsp3) is 0.500. The third-order valence-corrected chi connectivity index (χ3v) is 3.62. The lowest BCUT2D eigenvalue weighted by atomic mass is 10.2. The topological polar surface area (TPSA) is 77.3 Å². The standard InChI is InChI=1S/C16H22N4O3/c1-11(2)20-15-12(10-18-20)8-13(9-17-15)16(22)19(3)7-5-6-14(21)23-4/h8-11H,5-7H2,1-4H3. The van der Waals surface area contributed by atoms with E-state index in [1.54, 1.807) is 30.4 Å². The van der Waals surface area contributed by atoms with E-state index >= 15 is 0 Å². The molecule has 0 aliphatic heterocycles. The summed E-state index contributed by atoms with van der Waals surface area (Å²) < 4.78 is 6.41. The van der Waals surface area contributed by atoms with E-state index in [-0.39, 0.29) is 17.9 Å². The number of hydrogen-bond donors (Lipinski definition) is 0. The molecule has 0 saturated carbocycles. The van der Waals surface area contributed by atoms with Crippen molar-refractivity contribution >= 4 is 22.9 Å². The second-order valence-electron chi connectivity index (χ2n) is 5.73. The number of esters is 1. The Morgan fingerprint density at radius 2 is 2.09 bits per heavy atom. The first-order valence-corrected chi connectivity index (χ1v) is 7.59. The largest absolute Gasteiger partial charge is 0.469 e. The van der Waals surface area contributed by atoms with Gasteiger partial charge in [-0.25, -0.2) is 9.67 Å². The molecule has 0 bridgehead atoms. The van der Waals surface area contributed by atoms with Crippen molar-refractivity contribution in [2.45, 2.75) is 32.7 Å². The molecule has 0 aliphatic carbocycles. The zero-order valence-corrected chi connectivity index (χ0v) is 13.9. The van der Waals surface area contributed by atoms with Gasteiger partial charge in [-0.15, -0.1) is 0 Å². The molecule has 0 spiro atoms. The van der Waals surface area contributed by atoms with Crippen LogP contribution in [-0.4, -0.2) is 52.2 Å². The maximum atomic E-state index is 12.4. The van der Waals surface area contributed by atoms with E-state index in [0.29, 0.717) is 24.9 Å². The van der Waals surface area contributed by atoms with E-state index < -0.39 is 0 Å². The number of amides is 1. The molecular formula is C16H22N4O3. The number of hydrogen-bond acceptors (Lipinski definition) is 5. The van der Waals surface area contributed by atoms with Gasteiger partial charge in [0.05, 0.1) is 18.9 Å². The molecule has 0 aromatic carbocycles. The Morgan fingerprint density at radius 3 is 2.74 bits per heavy atom. The van der Waals surface area contributed by atoms with Crippen molar-refractivity contribution in [3.05, 3.63) is 24.0 Å². The van der Waals surface area contributed by atoms with Crippen molar-refractivity contribution in [2.75, 3.05) is 20.7 Å². The van der Waals surface area contributed by atoms with E-state index in [9.17, 15) is 9.59 Å². The number of carbonyl (C=O) groups is 2. The molecule has 0 radical (unpaired) electrons. The van der Waals surface area contributed by atoms with E-state index in [1.807, 2.05) is 18.5 Å². The van der Waals surface area contributed by atoms with Gasteiger partial charge in [0, 0.05) is 37.6 Å². The lowest BCUT2D eigenvalue weighted by molar-refractivity contribution is -0.140. The van der Waals surface area contributed by atoms with Gasteiger partial charge in [0.2, 0.25) is 0 Å². The molecule has 2 rings (SSSR count). The summed E-state index contributed by atoms with van der Waals surface area (Å²) in [5.74, 6) is -0.392. The Balaban J connectivity index is 2.07. The summed E-state index contributed by atoms with van der Waals surface area (Å²) in [5.41, 5.74) is 1.28. The van der Waals surface area contributed by atoms with E-state index in [1.165, 1.54) is 7.11 Å². The van der Waals surface area contributed by atoms with Crippen LogP contribution in [-0.2, 0) is 9.53 Å². The van der Waals surface area contributed by atoms with Crippen molar-refractivity contribution in [3.63, 3.8) is 0 Å². The second kappa shape index (κ2) is 7.21. The van der Waals surface area contributed by atoms with Crippen LogP contribution in [0.15, 0.2) is 18.5 Å². The number of ether oxygens (including phenoxy) is 1. The summed E-state index contributed by atoms with van der Waals surface area (Å²) in [5, 5.41) is 5.14. The molecule has 0 N–H and O–H groups in total. The highest BCUT2D eigenvalue weighted by molar-refractivity contribution is 5.96. The first-order valence-electron chi connectivity index (χ1n) is 7.59. The van der Waals surface area contributed by atoms with E-state index in [2.05, 4.69) is 14.8 Å². The highest BCUT2D eigenvalue weighted by atomic mass is 16.5. The predicted molar refractivity (Wildman–Crippen MR) is 86.1 cm³/mol. The van der Waals surface area contributed by atoms with Gasteiger partial charge in [-0.3, -0.25) is 9.59 Å². The molecule has 0 aliphatic rings. The van der Waals surface area contributed by atoms with Gasteiger partial charge in [-0.2, -0.15) is 5.10 Å². The highest BCUT2D eigenvalue weighted by Gasteiger charge is 2.15. The predicted octanol–water partition coefficient (Wildman–Crippen LogP) is 2.04. The van der Waals surface area contributed by atoms with Crippen LogP contribution < -0.4 is 0 Å². The van der Waals surface area contributed by atoms with E-state index in [0.717, 1.165) is 11.0 Å². The highest BCUT2D eigenvalue weighted by Crippen LogP contribution is 2.17. The fourth-order valence-electron chi connectivity index (χ4n) is 2.32. The van der Waals surface area contributed by atoms with Gasteiger partial charge in [-0.1, -0.05) is 0 Å². The second-order valence-corrected chi connectivity index (χ2v) is 5.73. The lowest BCUT2D eigenvalue weighted by Crippen LogP contribution is -2.28. The molecule has 0 atom stereocenters. The first-order chi connectivity index (χ1) is 10.9. The molecular weight excluding hydrogens is 296 g/mol. The summed E-state index contributed by atoms with van der Waals surface area (Å²) in [7, 11) is 3.07. The molecule has 2 aromatic heterocycles. The molecule has 7 nitrogen and oxygen atoms in total. The zero-order valence-electron chi connectivity index (χ0n) is 13.9. The third-order valence-electron chi connectivity index (χ3n) is 3.62. The first kappa shape index (κ1) is 16.9. The van der Waals surface area contributed by atoms with Crippen LogP contribution in [0.25, 0.3) is 11.0 Å². The van der Waals surface area contributed by atoms with Crippen LogP contribution in [0.2, 0.25) is 0 Å². The smallest absolute Gasteiger partial charge is 0.305 e. The van der Waals surface area contributed by atoms with Gasteiger partial charge < -0.3 is 9.64 Å². The summed E-state index contributed by atoms with van der Waals surface area (Å²) in [6.45, 7) is 4.54. The maximum absolute atomic E-state index is 12.4. The number of fused-ring (bicyclic) bond motifs is 1. The van der Waals surface area contributed by atoms with Crippen LogP contribution >= 0.6 is 0 Å². The lowest BCUT2D eigenvalue weighted by Gasteiger charge is -2.16. The average molecular weight is 318 g/mol. The molecule has 2 aromatic rings. The van der Waals surface area contributed by atoms with Gasteiger partial charge in [0.1, 0.15) is 0 Å². The monoisotopic (exact) mass is 318 g/mol. The Kier molecular flexibility index (Phi) is 5.31. The van der Waals surface area contributed by atoms with Gasteiger partial charge in [0.15, 0.2) is 5.65 Å². The number of methoxy groups -OCH3 is 1. The van der Waals surface area contributed by atoms with Crippen LogP contribution in [0.4, 0.5) is 0 Å². The van der Waals surface area contributed by atoms with Gasteiger partial charge in [-0.05, 0) is 26.3 Å². The number of pyridine rings is 1. The number of carbonyl (C=O) groups excluding carboxylic acids is 2. The van der Waals surface area contributed by atoms with Crippen molar-refractivity contribution in [3.8, 4) is 0 Å². The van der Waals surface area contributed by atoms with E-state index in [4.69, 9.17) is 0 Å². The Morgan fingerprint density at radius 1 is 1.35 bits per heavy atom. The Labute approximate surface area is 135 Å². The van der Waals surface area contributed by atoms with Crippen LogP contribution in [0.3, 0.4) is 0 Å². The van der Waals surface area contributed by atoms with Crippen LogP contribution in [0, 0.1) is 0 Å². The number of rotatable bonds is 6. The normalized spacial score (nSPS) is 11.0. The molecule has 2 heterocycles. The molecule has 1 amide bonds. The van der Waals surface area contributed by atoms with Gasteiger partial charge >= 0.3 is 5.97 Å². The summed E-state index contributed by atoms with van der Waals surface area (Å²) in [6, 6.07) is 2.01. The van der Waals surface area contributed by atoms with Crippen LogP contribution in [0.5, 0.6) is 0 Å². The van der Waals surface area contributed by atoms with Crippen LogP contribution in [0.1, 0.15) is 43.1 Å². The average Bonchev–Trinajstić information content (AvgIpc) is 2.96. The molecule has 0 saturated heterocycles. The minimum atomic E-state index is -0.268. The van der Waals surface area contributed by atoms with Crippen molar-refractivity contribution < 1.29 is 14.3 Å². The molecule has 7 heteroatoms. The molecule has 23 heavy (non-hydrogen) atoms. The SMILES string of the molecule is COC(=O)CCCN(C)C(=O)c1cnc2c(cnn2C(C)C)c1. The number of nitrogens with zero attached hydrogens (tertiary/aromatic N) is 4. The number of aromatic nitrogens is 3. The Hall–Kier alpha value is -2.44. The molecule has 124 valence electrons. The third kappa shape index (κ3) is 3.85. The van der Waals surface area contributed by atoms with Crippen molar-refractivity contribution in [2.24, 2.45) is 0 Å². The fourth-order valence-corrected chi connectivity index (χ4v) is 2.32. The summed E-state index contributed by atoms with van der Waals surface area (Å²) in [6.07, 6.45) is 4.15. The minimum Gasteiger partial charge on any atom is -0.469 e. The van der Waals surface area contributed by atoms with Gasteiger partial charge in [0.25, 0.3) is 5.91 Å². The quantitative estimate of drug-likeness (QED) is 0.762. The zero-order chi connectivity index (χ0) is 17.0. The summed E-state index contributed by atoms with van der Waals surface area (Å²) in [4.78, 5) is 29.5.